The Labute approximate surface area is 76.4 Å². The molecule has 1 aliphatic heterocycles. The molecule has 0 aromatic heterocycles. The van der Waals surface area contributed by atoms with Crippen molar-refractivity contribution in [2.24, 2.45) is 0 Å². The number of hydrogen-bond acceptors (Lipinski definition) is 3. The standard InChI is InChI=1S/C10H9NO2/c11-5-1-2-8-3-4-10-9(6-8)7-12-13-10/h3-4,6H,1-2,7H2. The fourth-order valence-electron chi connectivity index (χ4n) is 1.34. The maximum atomic E-state index is 8.42. The molecular weight excluding hydrogens is 166 g/mol. The summed E-state index contributed by atoms with van der Waals surface area (Å²) in [6.45, 7) is 0.510. The minimum absolute atomic E-state index is 0.510. The van der Waals surface area contributed by atoms with Gasteiger partial charge < -0.3 is 4.89 Å². The van der Waals surface area contributed by atoms with Crippen molar-refractivity contribution in [2.45, 2.75) is 19.4 Å². The van der Waals surface area contributed by atoms with Crippen LogP contribution in [0.4, 0.5) is 0 Å². The van der Waals surface area contributed by atoms with E-state index in [2.05, 4.69) is 6.07 Å². The van der Waals surface area contributed by atoms with Gasteiger partial charge in [0.2, 0.25) is 0 Å². The van der Waals surface area contributed by atoms with Crippen LogP contribution < -0.4 is 4.89 Å². The van der Waals surface area contributed by atoms with E-state index in [1.165, 1.54) is 0 Å². The van der Waals surface area contributed by atoms with E-state index < -0.39 is 0 Å². The van der Waals surface area contributed by atoms with Crippen molar-refractivity contribution in [3.63, 3.8) is 0 Å². The van der Waals surface area contributed by atoms with E-state index in [1.54, 1.807) is 0 Å². The van der Waals surface area contributed by atoms with E-state index in [4.69, 9.17) is 15.0 Å². The van der Waals surface area contributed by atoms with Gasteiger partial charge in [-0.3, -0.25) is 0 Å². The van der Waals surface area contributed by atoms with Gasteiger partial charge in [0.05, 0.1) is 6.07 Å². The van der Waals surface area contributed by atoms with Gasteiger partial charge in [-0.2, -0.15) is 10.1 Å². The summed E-state index contributed by atoms with van der Waals surface area (Å²) < 4.78 is 0. The largest absolute Gasteiger partial charge is 0.337 e. The third kappa shape index (κ3) is 1.63. The van der Waals surface area contributed by atoms with Crippen LogP contribution in [0.3, 0.4) is 0 Å². The van der Waals surface area contributed by atoms with Crippen LogP contribution >= 0.6 is 0 Å². The highest BCUT2D eigenvalue weighted by molar-refractivity contribution is 5.37. The zero-order chi connectivity index (χ0) is 9.10. The van der Waals surface area contributed by atoms with Crippen molar-refractivity contribution < 1.29 is 9.78 Å². The predicted octanol–water partition coefficient (Wildman–Crippen LogP) is 1.97. The quantitative estimate of drug-likeness (QED) is 0.645. The van der Waals surface area contributed by atoms with Crippen molar-refractivity contribution in [1.29, 1.82) is 5.26 Å². The Morgan fingerprint density at radius 2 is 2.38 bits per heavy atom. The summed E-state index contributed by atoms with van der Waals surface area (Å²) in [6, 6.07) is 8.00. The lowest BCUT2D eigenvalue weighted by atomic mass is 10.1. The number of hydrogen-bond donors (Lipinski definition) is 0. The summed E-state index contributed by atoms with van der Waals surface area (Å²) >= 11 is 0. The van der Waals surface area contributed by atoms with Gasteiger partial charge in [-0.1, -0.05) is 6.07 Å². The van der Waals surface area contributed by atoms with Crippen LogP contribution in [0.1, 0.15) is 17.5 Å². The Balaban J connectivity index is 2.17. The zero-order valence-corrected chi connectivity index (χ0v) is 7.12. The molecule has 3 nitrogen and oxygen atoms in total. The van der Waals surface area contributed by atoms with E-state index in [9.17, 15) is 0 Å². The van der Waals surface area contributed by atoms with Crippen LogP contribution in [0.25, 0.3) is 0 Å². The smallest absolute Gasteiger partial charge is 0.171 e. The summed E-state index contributed by atoms with van der Waals surface area (Å²) in [5, 5.41) is 8.42. The highest BCUT2D eigenvalue weighted by atomic mass is 17.2. The normalized spacial score (nSPS) is 13.2. The van der Waals surface area contributed by atoms with Crippen LogP contribution in [0, 0.1) is 11.3 Å². The molecule has 13 heavy (non-hydrogen) atoms. The van der Waals surface area contributed by atoms with E-state index >= 15 is 0 Å². The highest BCUT2D eigenvalue weighted by Crippen LogP contribution is 2.26. The first kappa shape index (κ1) is 8.09. The van der Waals surface area contributed by atoms with Crippen LogP contribution in [-0.4, -0.2) is 0 Å². The van der Waals surface area contributed by atoms with E-state index in [0.29, 0.717) is 13.0 Å². The fourth-order valence-corrected chi connectivity index (χ4v) is 1.34. The molecule has 0 unspecified atom stereocenters. The van der Waals surface area contributed by atoms with Crippen LogP contribution in [0.15, 0.2) is 18.2 Å². The van der Waals surface area contributed by atoms with Gasteiger partial charge in [0, 0.05) is 12.0 Å². The number of nitriles is 1. The Bertz CT molecular complexity index is 354. The minimum Gasteiger partial charge on any atom is -0.337 e. The first-order valence-corrected chi connectivity index (χ1v) is 4.18. The average Bonchev–Trinajstić information content (AvgIpc) is 2.61. The average molecular weight is 175 g/mol. The number of aryl methyl sites for hydroxylation is 1. The second kappa shape index (κ2) is 3.46. The molecule has 0 N–H and O–H groups in total. The fraction of sp³-hybridized carbons (Fsp3) is 0.300. The second-order valence-electron chi connectivity index (χ2n) is 2.95. The molecule has 66 valence electrons. The van der Waals surface area contributed by atoms with E-state index in [0.717, 1.165) is 23.3 Å². The van der Waals surface area contributed by atoms with Crippen molar-refractivity contribution in [3.8, 4) is 11.8 Å². The van der Waals surface area contributed by atoms with Gasteiger partial charge >= 0.3 is 0 Å². The molecule has 0 radical (unpaired) electrons. The van der Waals surface area contributed by atoms with Gasteiger partial charge in [0.1, 0.15) is 6.61 Å². The van der Waals surface area contributed by atoms with Gasteiger partial charge in [0.15, 0.2) is 5.75 Å². The molecular formula is C10H9NO2. The lowest BCUT2D eigenvalue weighted by molar-refractivity contribution is -0.194. The summed E-state index contributed by atoms with van der Waals surface area (Å²) in [5.74, 6) is 0.792. The molecule has 2 rings (SSSR count). The molecule has 0 spiro atoms. The number of nitrogens with zero attached hydrogens (tertiary/aromatic N) is 1. The molecule has 0 saturated heterocycles. The molecule has 0 amide bonds. The SMILES string of the molecule is N#CCCc1ccc2c(c1)COO2. The molecule has 1 heterocycles. The second-order valence-corrected chi connectivity index (χ2v) is 2.95. The molecule has 0 bridgehead atoms. The van der Waals surface area contributed by atoms with Gasteiger partial charge in [-0.15, -0.1) is 0 Å². The lowest BCUT2D eigenvalue weighted by Crippen LogP contribution is -1.85. The summed E-state index contributed by atoms with van der Waals surface area (Å²) in [4.78, 5) is 9.70. The van der Waals surface area contributed by atoms with Crippen molar-refractivity contribution >= 4 is 0 Å². The monoisotopic (exact) mass is 175 g/mol. The topological polar surface area (TPSA) is 42.2 Å². The highest BCUT2D eigenvalue weighted by Gasteiger charge is 2.13. The van der Waals surface area contributed by atoms with Crippen molar-refractivity contribution in [1.82, 2.24) is 0 Å². The summed E-state index contributed by atoms with van der Waals surface area (Å²) in [6.07, 6.45) is 1.35. The number of benzene rings is 1. The van der Waals surface area contributed by atoms with Crippen LogP contribution in [-0.2, 0) is 17.9 Å². The first-order valence-electron chi connectivity index (χ1n) is 4.18. The Morgan fingerprint density at radius 1 is 1.46 bits per heavy atom. The molecule has 0 fully saturated rings. The van der Waals surface area contributed by atoms with Crippen molar-refractivity contribution in [3.05, 3.63) is 29.3 Å². The Kier molecular flexibility index (Phi) is 2.15. The summed E-state index contributed by atoms with van der Waals surface area (Å²) in [7, 11) is 0. The predicted molar refractivity (Wildman–Crippen MR) is 45.8 cm³/mol. The molecule has 1 aliphatic rings. The maximum absolute atomic E-state index is 8.42. The molecule has 3 heteroatoms. The molecule has 1 aromatic rings. The third-order valence-electron chi connectivity index (χ3n) is 2.01. The van der Waals surface area contributed by atoms with Crippen molar-refractivity contribution in [2.75, 3.05) is 0 Å². The Morgan fingerprint density at radius 3 is 3.23 bits per heavy atom. The van der Waals surface area contributed by atoms with Crippen LogP contribution in [0.2, 0.25) is 0 Å². The number of rotatable bonds is 2. The van der Waals surface area contributed by atoms with Gasteiger partial charge in [-0.05, 0) is 24.1 Å². The minimum atomic E-state index is 0.510. The zero-order valence-electron chi connectivity index (χ0n) is 7.12. The maximum Gasteiger partial charge on any atom is 0.171 e. The Hall–Kier alpha value is -1.53. The third-order valence-corrected chi connectivity index (χ3v) is 2.01. The molecule has 1 aromatic carbocycles. The lowest BCUT2D eigenvalue weighted by Gasteiger charge is -1.98. The van der Waals surface area contributed by atoms with Gasteiger partial charge in [0.25, 0.3) is 0 Å². The molecule has 0 saturated carbocycles. The first-order chi connectivity index (χ1) is 6.40. The van der Waals surface area contributed by atoms with Crippen LogP contribution in [0.5, 0.6) is 5.75 Å². The van der Waals surface area contributed by atoms with Gasteiger partial charge in [-0.25, -0.2) is 0 Å². The van der Waals surface area contributed by atoms with E-state index in [1.807, 2.05) is 18.2 Å². The van der Waals surface area contributed by atoms with E-state index in [-0.39, 0.29) is 0 Å². The molecule has 0 atom stereocenters. The number of fused-ring (bicyclic) bond motifs is 1. The summed E-state index contributed by atoms with van der Waals surface area (Å²) in [5.41, 5.74) is 2.23. The molecule has 0 aliphatic carbocycles.